The molecule has 0 saturated carbocycles. The molecule has 0 radical (unpaired) electrons. The zero-order valence-corrected chi connectivity index (χ0v) is 21.2. The third-order valence-electron chi connectivity index (χ3n) is 6.04. The average molecular weight is 499 g/mol. The number of thioether (sulfide) groups is 1. The second-order valence-electron chi connectivity index (χ2n) is 8.27. The predicted molar refractivity (Wildman–Crippen MR) is 132 cm³/mol. The lowest BCUT2D eigenvalue weighted by molar-refractivity contribution is 0.354. The molecule has 1 aromatic carbocycles. The molecule has 1 unspecified atom stereocenters. The van der Waals surface area contributed by atoms with Gasteiger partial charge in [0.1, 0.15) is 4.83 Å². The van der Waals surface area contributed by atoms with Crippen LogP contribution in [0, 0.1) is 6.92 Å². The van der Waals surface area contributed by atoms with E-state index in [1.165, 1.54) is 22.2 Å². The second kappa shape index (κ2) is 9.42. The van der Waals surface area contributed by atoms with Crippen molar-refractivity contribution >= 4 is 33.3 Å². The van der Waals surface area contributed by atoms with Crippen molar-refractivity contribution in [3.05, 3.63) is 56.3 Å². The number of fused-ring (bicyclic) bond motifs is 3. The van der Waals surface area contributed by atoms with E-state index >= 15 is 0 Å². The quantitative estimate of drug-likeness (QED) is 0.254. The van der Waals surface area contributed by atoms with Crippen LogP contribution >= 0.6 is 23.1 Å². The van der Waals surface area contributed by atoms with Gasteiger partial charge >= 0.3 is 0 Å². The van der Waals surface area contributed by atoms with E-state index in [2.05, 4.69) is 10.1 Å². The molecular weight excluding hydrogens is 472 g/mol. The van der Waals surface area contributed by atoms with Crippen LogP contribution in [0.5, 0.6) is 11.5 Å². The van der Waals surface area contributed by atoms with Gasteiger partial charge in [0.25, 0.3) is 5.56 Å². The summed E-state index contributed by atoms with van der Waals surface area (Å²) in [5.41, 5.74) is 2.27. The van der Waals surface area contributed by atoms with Crippen LogP contribution in [0.25, 0.3) is 10.2 Å². The molecular formula is C24H26N4O4S2. The first-order valence-corrected chi connectivity index (χ1v) is 12.9. The van der Waals surface area contributed by atoms with Crippen LogP contribution in [0.15, 0.2) is 32.7 Å². The minimum Gasteiger partial charge on any atom is -0.493 e. The van der Waals surface area contributed by atoms with E-state index in [0.29, 0.717) is 41.3 Å². The molecule has 0 aliphatic heterocycles. The largest absolute Gasteiger partial charge is 0.493 e. The zero-order chi connectivity index (χ0) is 23.8. The lowest BCUT2D eigenvalue weighted by Crippen LogP contribution is -2.24. The molecule has 3 heterocycles. The molecule has 1 atom stereocenters. The van der Waals surface area contributed by atoms with E-state index in [4.69, 9.17) is 19.0 Å². The fourth-order valence-corrected chi connectivity index (χ4v) is 6.58. The molecule has 178 valence electrons. The van der Waals surface area contributed by atoms with Gasteiger partial charge in [0.05, 0.1) is 24.9 Å². The highest BCUT2D eigenvalue weighted by Crippen LogP contribution is 2.38. The SMILES string of the molecule is COc1ccc(CCn2c(SC(C)c3nc(C)no3)nc3sc4c(c3c2=O)CCC4)cc1OC. The zero-order valence-electron chi connectivity index (χ0n) is 19.6. The molecule has 5 rings (SSSR count). The molecule has 0 bridgehead atoms. The molecule has 8 nitrogen and oxygen atoms in total. The third-order valence-corrected chi connectivity index (χ3v) is 8.30. The van der Waals surface area contributed by atoms with Gasteiger partial charge in [0, 0.05) is 11.4 Å². The molecule has 0 amide bonds. The number of nitrogens with zero attached hydrogens (tertiary/aromatic N) is 4. The first-order chi connectivity index (χ1) is 16.5. The lowest BCUT2D eigenvalue weighted by atomic mass is 10.1. The van der Waals surface area contributed by atoms with Gasteiger partial charge in [-0.25, -0.2) is 4.98 Å². The fraction of sp³-hybridized carbons (Fsp3) is 0.417. The Bertz CT molecular complexity index is 1410. The van der Waals surface area contributed by atoms with Crippen molar-refractivity contribution in [2.75, 3.05) is 14.2 Å². The van der Waals surface area contributed by atoms with Crippen LogP contribution < -0.4 is 15.0 Å². The van der Waals surface area contributed by atoms with Gasteiger partial charge in [-0.05, 0) is 62.8 Å². The van der Waals surface area contributed by atoms with E-state index in [1.54, 1.807) is 37.0 Å². The summed E-state index contributed by atoms with van der Waals surface area (Å²) < 4.78 is 18.0. The maximum atomic E-state index is 13.8. The average Bonchev–Trinajstić information content (AvgIpc) is 3.54. The number of hydrogen-bond donors (Lipinski definition) is 0. The van der Waals surface area contributed by atoms with Gasteiger partial charge in [0.2, 0.25) is 5.89 Å². The summed E-state index contributed by atoms with van der Waals surface area (Å²) in [7, 11) is 3.24. The molecule has 0 spiro atoms. The molecule has 3 aromatic heterocycles. The molecule has 0 fully saturated rings. The first-order valence-electron chi connectivity index (χ1n) is 11.2. The van der Waals surface area contributed by atoms with Gasteiger partial charge < -0.3 is 14.0 Å². The van der Waals surface area contributed by atoms with Crippen LogP contribution in [-0.2, 0) is 25.8 Å². The van der Waals surface area contributed by atoms with Crippen LogP contribution in [0.3, 0.4) is 0 Å². The van der Waals surface area contributed by atoms with Crippen molar-refractivity contribution in [1.82, 2.24) is 19.7 Å². The maximum absolute atomic E-state index is 13.8. The molecule has 0 saturated heterocycles. The minimum atomic E-state index is -0.135. The Labute approximate surface area is 205 Å². The van der Waals surface area contributed by atoms with E-state index < -0.39 is 0 Å². The van der Waals surface area contributed by atoms with Crippen LogP contribution in [0.1, 0.15) is 46.3 Å². The number of aromatic nitrogens is 4. The highest BCUT2D eigenvalue weighted by atomic mass is 32.2. The second-order valence-corrected chi connectivity index (χ2v) is 10.7. The minimum absolute atomic E-state index is 0.0290. The van der Waals surface area contributed by atoms with Crippen molar-refractivity contribution in [2.45, 2.75) is 56.5 Å². The highest BCUT2D eigenvalue weighted by molar-refractivity contribution is 7.99. The van der Waals surface area contributed by atoms with Crippen molar-refractivity contribution in [1.29, 1.82) is 0 Å². The monoisotopic (exact) mass is 498 g/mol. The summed E-state index contributed by atoms with van der Waals surface area (Å²) in [5, 5.41) is 5.22. The standard InChI is InChI=1S/C24H26N4O4S2/c1-13(21-25-14(2)27-32-21)33-24-26-22-20(16-6-5-7-19(16)34-22)23(29)28(24)11-10-15-8-9-17(30-3)18(12-15)31-4/h8-9,12-13H,5-7,10-11H2,1-4H3. The fourth-order valence-electron chi connectivity index (χ4n) is 4.31. The summed E-state index contributed by atoms with van der Waals surface area (Å²) in [4.78, 5) is 25.2. The number of methoxy groups -OCH3 is 2. The maximum Gasteiger partial charge on any atom is 0.263 e. The van der Waals surface area contributed by atoms with E-state index in [-0.39, 0.29) is 10.8 Å². The Morgan fingerprint density at radius 3 is 2.76 bits per heavy atom. The number of thiophene rings is 1. The Balaban J connectivity index is 1.52. The summed E-state index contributed by atoms with van der Waals surface area (Å²) in [6.07, 6.45) is 3.74. The van der Waals surface area contributed by atoms with Gasteiger partial charge in [-0.15, -0.1) is 11.3 Å². The lowest BCUT2D eigenvalue weighted by Gasteiger charge is -2.15. The Morgan fingerprint density at radius 2 is 2.03 bits per heavy atom. The molecule has 1 aliphatic carbocycles. The van der Waals surface area contributed by atoms with E-state index in [1.807, 2.05) is 25.1 Å². The number of ether oxygens (including phenoxy) is 2. The van der Waals surface area contributed by atoms with Gasteiger partial charge in [-0.1, -0.05) is 23.0 Å². The van der Waals surface area contributed by atoms with Crippen LogP contribution in [-0.4, -0.2) is 33.9 Å². The van der Waals surface area contributed by atoms with Crippen LogP contribution in [0.2, 0.25) is 0 Å². The first kappa shape index (κ1) is 22.9. The van der Waals surface area contributed by atoms with E-state index in [0.717, 1.165) is 35.0 Å². The van der Waals surface area contributed by atoms with Crippen molar-refractivity contribution < 1.29 is 14.0 Å². The van der Waals surface area contributed by atoms with Crippen LogP contribution in [0.4, 0.5) is 0 Å². The Morgan fingerprint density at radius 1 is 1.21 bits per heavy atom. The normalized spacial score (nSPS) is 13.9. The summed E-state index contributed by atoms with van der Waals surface area (Å²) in [6.45, 7) is 4.28. The van der Waals surface area contributed by atoms with Crippen molar-refractivity contribution in [3.63, 3.8) is 0 Å². The molecule has 34 heavy (non-hydrogen) atoms. The van der Waals surface area contributed by atoms with Gasteiger partial charge in [0.15, 0.2) is 22.5 Å². The predicted octanol–water partition coefficient (Wildman–Crippen LogP) is 4.75. The Hall–Kier alpha value is -2.85. The summed E-state index contributed by atoms with van der Waals surface area (Å²) in [5.74, 6) is 2.47. The van der Waals surface area contributed by atoms with Crippen molar-refractivity contribution in [3.8, 4) is 11.5 Å². The number of rotatable bonds is 8. The summed E-state index contributed by atoms with van der Waals surface area (Å²) in [6, 6.07) is 5.84. The smallest absolute Gasteiger partial charge is 0.263 e. The third kappa shape index (κ3) is 4.20. The molecule has 4 aromatic rings. The highest BCUT2D eigenvalue weighted by Gasteiger charge is 2.25. The van der Waals surface area contributed by atoms with E-state index in [9.17, 15) is 4.79 Å². The number of hydrogen-bond acceptors (Lipinski definition) is 9. The molecule has 1 aliphatic rings. The topological polar surface area (TPSA) is 92.3 Å². The number of aryl methyl sites for hydroxylation is 4. The van der Waals surface area contributed by atoms with Gasteiger partial charge in [-0.3, -0.25) is 9.36 Å². The molecule has 10 heteroatoms. The molecule has 0 N–H and O–H groups in total. The summed E-state index contributed by atoms with van der Waals surface area (Å²) >= 11 is 3.13. The Kier molecular flexibility index (Phi) is 6.35. The van der Waals surface area contributed by atoms with Crippen molar-refractivity contribution in [2.24, 2.45) is 0 Å². The number of benzene rings is 1. The van der Waals surface area contributed by atoms with Gasteiger partial charge in [-0.2, -0.15) is 4.98 Å².